The lowest BCUT2D eigenvalue weighted by atomic mass is 10.1. The van der Waals surface area contributed by atoms with E-state index in [1.165, 1.54) is 19.5 Å². The van der Waals surface area contributed by atoms with E-state index >= 15 is 0 Å². The van der Waals surface area contributed by atoms with Crippen LogP contribution < -0.4 is 4.74 Å². The minimum atomic E-state index is 0.728. The third kappa shape index (κ3) is 3.61. The Labute approximate surface area is 175 Å². The van der Waals surface area contributed by atoms with Gasteiger partial charge in [-0.25, -0.2) is 0 Å². The first-order valence-electron chi connectivity index (χ1n) is 10.6. The van der Waals surface area contributed by atoms with Crippen LogP contribution in [-0.2, 0) is 0 Å². The largest absolute Gasteiger partial charge is 0.494 e. The molecule has 1 aliphatic rings. The first-order valence-corrected chi connectivity index (χ1v) is 10.6. The maximum atomic E-state index is 5.96. The van der Waals surface area contributed by atoms with Crippen molar-refractivity contribution in [2.45, 2.75) is 26.7 Å². The standard InChI is InChI=1S/C23H26N6O/c1-16-10-13-28(15-16)12-4-14-30-19-8-6-18(7-9-19)21-22-20(5-3-11-24-22)23-26-25-17(2)29(23)27-21/h3,5-9,11,16H,4,10,12-15H2,1-2H3. The van der Waals surface area contributed by atoms with Crippen molar-refractivity contribution in [3.8, 4) is 17.0 Å². The lowest BCUT2D eigenvalue weighted by Gasteiger charge is -2.15. The number of likely N-dealkylation sites (tertiary alicyclic amines) is 1. The zero-order chi connectivity index (χ0) is 20.5. The van der Waals surface area contributed by atoms with Crippen LogP contribution in [0.2, 0.25) is 0 Å². The molecule has 1 aromatic carbocycles. The number of ether oxygens (including phenoxy) is 1. The Morgan fingerprint density at radius 2 is 2.00 bits per heavy atom. The molecule has 4 heterocycles. The van der Waals surface area contributed by atoms with Crippen LogP contribution in [0.25, 0.3) is 27.8 Å². The zero-order valence-corrected chi connectivity index (χ0v) is 17.5. The van der Waals surface area contributed by atoms with Crippen molar-refractivity contribution in [2.75, 3.05) is 26.2 Å². The van der Waals surface area contributed by atoms with Gasteiger partial charge in [0.15, 0.2) is 11.5 Å². The van der Waals surface area contributed by atoms with E-state index in [-0.39, 0.29) is 0 Å². The molecule has 30 heavy (non-hydrogen) atoms. The molecular weight excluding hydrogens is 376 g/mol. The Morgan fingerprint density at radius 3 is 2.80 bits per heavy atom. The predicted molar refractivity (Wildman–Crippen MR) is 117 cm³/mol. The van der Waals surface area contributed by atoms with Crippen molar-refractivity contribution in [2.24, 2.45) is 5.92 Å². The first kappa shape index (κ1) is 18.9. The lowest BCUT2D eigenvalue weighted by molar-refractivity contribution is 0.259. The average Bonchev–Trinajstić information content (AvgIpc) is 3.36. The topological polar surface area (TPSA) is 68.4 Å². The SMILES string of the molecule is Cc1nnc2c3cccnc3c(-c3ccc(OCCCN4CCC(C)C4)cc3)nn12. The van der Waals surface area contributed by atoms with E-state index in [1.54, 1.807) is 10.7 Å². The number of hydrogen-bond acceptors (Lipinski definition) is 6. The molecule has 0 radical (unpaired) electrons. The highest BCUT2D eigenvalue weighted by Gasteiger charge is 2.18. The quantitative estimate of drug-likeness (QED) is 0.458. The van der Waals surface area contributed by atoms with Crippen LogP contribution in [0, 0.1) is 12.8 Å². The molecule has 0 bridgehead atoms. The van der Waals surface area contributed by atoms with Crippen LogP contribution in [0.4, 0.5) is 0 Å². The monoisotopic (exact) mass is 402 g/mol. The Bertz CT molecular complexity index is 1170. The highest BCUT2D eigenvalue weighted by molar-refractivity contribution is 5.98. The lowest BCUT2D eigenvalue weighted by Crippen LogP contribution is -2.22. The van der Waals surface area contributed by atoms with E-state index in [0.29, 0.717) is 0 Å². The number of nitrogens with zero attached hydrogens (tertiary/aromatic N) is 6. The van der Waals surface area contributed by atoms with Crippen molar-refractivity contribution in [1.82, 2.24) is 29.7 Å². The second kappa shape index (κ2) is 7.99. The van der Waals surface area contributed by atoms with Crippen molar-refractivity contribution < 1.29 is 4.74 Å². The number of pyridine rings is 1. The predicted octanol–water partition coefficient (Wildman–Crippen LogP) is 3.76. The summed E-state index contributed by atoms with van der Waals surface area (Å²) in [7, 11) is 0. The molecule has 0 saturated carbocycles. The Kier molecular flexibility index (Phi) is 5.04. The van der Waals surface area contributed by atoms with Crippen LogP contribution in [0.15, 0.2) is 42.6 Å². The maximum absolute atomic E-state index is 5.96. The summed E-state index contributed by atoms with van der Waals surface area (Å²) >= 11 is 0. The van der Waals surface area contributed by atoms with Crippen LogP contribution in [0.1, 0.15) is 25.6 Å². The fourth-order valence-electron chi connectivity index (χ4n) is 4.18. The van der Waals surface area contributed by atoms with Crippen LogP contribution >= 0.6 is 0 Å². The van der Waals surface area contributed by atoms with Crippen molar-refractivity contribution in [1.29, 1.82) is 0 Å². The molecular formula is C23H26N6O. The van der Waals surface area contributed by atoms with Gasteiger partial charge in [0.1, 0.15) is 17.0 Å². The Hall–Kier alpha value is -3.06. The number of hydrogen-bond donors (Lipinski definition) is 0. The summed E-state index contributed by atoms with van der Waals surface area (Å²) in [5, 5.41) is 14.1. The fraction of sp³-hybridized carbons (Fsp3) is 0.391. The van der Waals surface area contributed by atoms with Gasteiger partial charge in [0.05, 0.1) is 6.61 Å². The number of aryl methyl sites for hydroxylation is 1. The van der Waals surface area contributed by atoms with Crippen molar-refractivity contribution in [3.63, 3.8) is 0 Å². The molecule has 5 rings (SSSR count). The van der Waals surface area contributed by atoms with E-state index in [9.17, 15) is 0 Å². The molecule has 3 aromatic heterocycles. The molecule has 1 saturated heterocycles. The van der Waals surface area contributed by atoms with Crippen LogP contribution in [-0.4, -0.2) is 55.9 Å². The summed E-state index contributed by atoms with van der Waals surface area (Å²) in [6.07, 6.45) is 4.15. The zero-order valence-electron chi connectivity index (χ0n) is 17.5. The first-order chi connectivity index (χ1) is 14.7. The van der Waals surface area contributed by atoms with Gasteiger partial charge in [0, 0.05) is 30.2 Å². The second-order valence-corrected chi connectivity index (χ2v) is 8.15. The third-order valence-electron chi connectivity index (χ3n) is 5.79. The Morgan fingerprint density at radius 1 is 1.13 bits per heavy atom. The number of benzene rings is 1. The van der Waals surface area contributed by atoms with Crippen molar-refractivity contribution in [3.05, 3.63) is 48.4 Å². The van der Waals surface area contributed by atoms with Gasteiger partial charge >= 0.3 is 0 Å². The molecule has 1 atom stereocenters. The highest BCUT2D eigenvalue weighted by atomic mass is 16.5. The minimum Gasteiger partial charge on any atom is -0.494 e. The molecule has 0 aliphatic carbocycles. The van der Waals surface area contributed by atoms with Gasteiger partial charge in [-0.3, -0.25) is 4.98 Å². The Balaban J connectivity index is 1.32. The maximum Gasteiger partial charge on any atom is 0.187 e. The van der Waals surface area contributed by atoms with Gasteiger partial charge < -0.3 is 9.64 Å². The summed E-state index contributed by atoms with van der Waals surface area (Å²) in [4.78, 5) is 7.10. The summed E-state index contributed by atoms with van der Waals surface area (Å²) in [5.74, 6) is 2.47. The van der Waals surface area contributed by atoms with Gasteiger partial charge in [-0.2, -0.15) is 9.61 Å². The molecule has 0 spiro atoms. The van der Waals surface area contributed by atoms with E-state index in [4.69, 9.17) is 9.84 Å². The molecule has 1 unspecified atom stereocenters. The second-order valence-electron chi connectivity index (χ2n) is 8.15. The normalized spacial score (nSPS) is 17.2. The van der Waals surface area contributed by atoms with E-state index < -0.39 is 0 Å². The van der Waals surface area contributed by atoms with Crippen LogP contribution in [0.5, 0.6) is 5.75 Å². The van der Waals surface area contributed by atoms with E-state index in [1.807, 2.05) is 43.3 Å². The molecule has 1 fully saturated rings. The average molecular weight is 403 g/mol. The summed E-state index contributed by atoms with van der Waals surface area (Å²) in [6.45, 7) is 8.52. The smallest absolute Gasteiger partial charge is 0.187 e. The summed E-state index contributed by atoms with van der Waals surface area (Å²) in [5.41, 5.74) is 3.36. The molecule has 154 valence electrons. The summed E-state index contributed by atoms with van der Waals surface area (Å²) in [6, 6.07) is 12.0. The molecule has 7 nitrogen and oxygen atoms in total. The van der Waals surface area contributed by atoms with Gasteiger partial charge in [0.2, 0.25) is 0 Å². The molecule has 4 aromatic rings. The van der Waals surface area contributed by atoms with E-state index in [2.05, 4.69) is 27.0 Å². The third-order valence-corrected chi connectivity index (χ3v) is 5.79. The van der Waals surface area contributed by atoms with Gasteiger partial charge in [-0.05, 0) is 68.6 Å². The highest BCUT2D eigenvalue weighted by Crippen LogP contribution is 2.28. The molecule has 1 aliphatic heterocycles. The van der Waals surface area contributed by atoms with Gasteiger partial charge in [-0.1, -0.05) is 6.92 Å². The number of rotatable bonds is 6. The minimum absolute atomic E-state index is 0.728. The molecule has 7 heteroatoms. The molecule has 0 amide bonds. The van der Waals surface area contributed by atoms with Gasteiger partial charge in [-0.15, -0.1) is 10.2 Å². The summed E-state index contributed by atoms with van der Waals surface area (Å²) < 4.78 is 7.74. The number of fused-ring (bicyclic) bond motifs is 3. The van der Waals surface area contributed by atoms with E-state index in [0.717, 1.165) is 64.9 Å². The van der Waals surface area contributed by atoms with Gasteiger partial charge in [0.25, 0.3) is 0 Å². The molecule has 0 N–H and O–H groups in total. The number of aromatic nitrogens is 5. The van der Waals surface area contributed by atoms with Crippen LogP contribution in [0.3, 0.4) is 0 Å². The fourth-order valence-corrected chi connectivity index (χ4v) is 4.18. The van der Waals surface area contributed by atoms with Crippen molar-refractivity contribution >= 4 is 16.6 Å².